The number of hydrogen-bond donors (Lipinski definition) is 2. The summed E-state index contributed by atoms with van der Waals surface area (Å²) in [5.74, 6) is 0.601. The summed E-state index contributed by atoms with van der Waals surface area (Å²) in [6, 6.07) is 0. The van der Waals surface area contributed by atoms with Crippen LogP contribution in [0.25, 0.3) is 0 Å². The predicted octanol–water partition coefficient (Wildman–Crippen LogP) is -0.305. The SMILES string of the molecule is OC(CF)CNC12COCC1C2. The van der Waals surface area contributed by atoms with Gasteiger partial charge in [-0.1, -0.05) is 0 Å². The first-order valence-electron chi connectivity index (χ1n) is 4.34. The normalized spacial score (nSPS) is 41.0. The van der Waals surface area contributed by atoms with E-state index in [-0.39, 0.29) is 5.54 Å². The van der Waals surface area contributed by atoms with Gasteiger partial charge >= 0.3 is 0 Å². The third-order valence-corrected chi connectivity index (χ3v) is 2.78. The Bertz CT molecular complexity index is 178. The highest BCUT2D eigenvalue weighted by Gasteiger charge is 2.58. The van der Waals surface area contributed by atoms with Crippen molar-refractivity contribution in [2.45, 2.75) is 18.1 Å². The third-order valence-electron chi connectivity index (χ3n) is 2.78. The summed E-state index contributed by atoms with van der Waals surface area (Å²) in [6.07, 6.45) is 0.257. The van der Waals surface area contributed by atoms with Crippen molar-refractivity contribution in [2.75, 3.05) is 26.4 Å². The van der Waals surface area contributed by atoms with E-state index in [1.165, 1.54) is 0 Å². The first-order valence-corrected chi connectivity index (χ1v) is 4.34. The Kier molecular flexibility index (Phi) is 2.06. The Hall–Kier alpha value is -0.190. The van der Waals surface area contributed by atoms with Crippen LogP contribution in [0.15, 0.2) is 0 Å². The zero-order chi connectivity index (χ0) is 8.60. The van der Waals surface area contributed by atoms with Crippen molar-refractivity contribution in [3.05, 3.63) is 0 Å². The molecular weight excluding hydrogens is 161 g/mol. The van der Waals surface area contributed by atoms with Gasteiger partial charge < -0.3 is 15.2 Å². The molecule has 3 atom stereocenters. The summed E-state index contributed by atoms with van der Waals surface area (Å²) in [4.78, 5) is 0. The molecule has 1 heterocycles. The van der Waals surface area contributed by atoms with Crippen LogP contribution in [0.5, 0.6) is 0 Å². The van der Waals surface area contributed by atoms with Crippen molar-refractivity contribution in [2.24, 2.45) is 5.92 Å². The minimum atomic E-state index is -0.860. The third kappa shape index (κ3) is 1.34. The van der Waals surface area contributed by atoms with Gasteiger partial charge in [-0.15, -0.1) is 0 Å². The molecule has 1 aliphatic heterocycles. The maximum Gasteiger partial charge on any atom is 0.117 e. The van der Waals surface area contributed by atoms with E-state index in [1.807, 2.05) is 0 Å². The van der Waals surface area contributed by atoms with Crippen LogP contribution >= 0.6 is 0 Å². The number of nitrogens with one attached hydrogen (secondary N) is 1. The first-order chi connectivity index (χ1) is 5.77. The molecule has 2 N–H and O–H groups in total. The molecule has 70 valence electrons. The molecule has 2 fully saturated rings. The number of β-amino-alcohol motifs (C(OH)–C–C–N with tert-alkyl or cyclic N) is 1. The molecule has 3 nitrogen and oxygen atoms in total. The number of alkyl halides is 1. The fraction of sp³-hybridized carbons (Fsp3) is 1.00. The molecule has 0 aromatic carbocycles. The van der Waals surface area contributed by atoms with Gasteiger partial charge in [-0.05, 0) is 6.42 Å². The fourth-order valence-corrected chi connectivity index (χ4v) is 1.80. The van der Waals surface area contributed by atoms with Crippen molar-refractivity contribution >= 4 is 0 Å². The predicted molar refractivity (Wildman–Crippen MR) is 41.6 cm³/mol. The number of aliphatic hydroxyl groups excluding tert-OH is 1. The zero-order valence-corrected chi connectivity index (χ0v) is 6.92. The highest BCUT2D eigenvalue weighted by molar-refractivity contribution is 5.13. The van der Waals surface area contributed by atoms with Crippen LogP contribution in [-0.4, -0.2) is 43.2 Å². The summed E-state index contributed by atoms with van der Waals surface area (Å²) in [6.45, 7) is 1.21. The van der Waals surface area contributed by atoms with Gasteiger partial charge in [-0.3, -0.25) is 0 Å². The number of aliphatic hydroxyl groups is 1. The lowest BCUT2D eigenvalue weighted by Crippen LogP contribution is -2.40. The molecule has 0 aromatic rings. The number of halogens is 1. The van der Waals surface area contributed by atoms with Gasteiger partial charge in [-0.2, -0.15) is 0 Å². The number of fused-ring (bicyclic) bond motifs is 1. The van der Waals surface area contributed by atoms with Crippen LogP contribution in [0.4, 0.5) is 4.39 Å². The molecule has 0 amide bonds. The van der Waals surface area contributed by atoms with E-state index in [9.17, 15) is 4.39 Å². The van der Waals surface area contributed by atoms with Crippen molar-refractivity contribution < 1.29 is 14.2 Å². The lowest BCUT2D eigenvalue weighted by Gasteiger charge is -2.15. The van der Waals surface area contributed by atoms with Crippen LogP contribution in [0.3, 0.4) is 0 Å². The van der Waals surface area contributed by atoms with Crippen LogP contribution in [0, 0.1) is 5.92 Å². The molecule has 0 aromatic heterocycles. The molecule has 0 bridgehead atoms. The van der Waals surface area contributed by atoms with E-state index >= 15 is 0 Å². The van der Waals surface area contributed by atoms with E-state index in [1.54, 1.807) is 0 Å². The Balaban J connectivity index is 1.74. The van der Waals surface area contributed by atoms with Gasteiger partial charge in [0.05, 0.1) is 19.3 Å². The monoisotopic (exact) mass is 175 g/mol. The number of rotatable bonds is 4. The first kappa shape index (κ1) is 8.41. The maximum absolute atomic E-state index is 11.9. The topological polar surface area (TPSA) is 41.5 Å². The highest BCUT2D eigenvalue weighted by Crippen LogP contribution is 2.48. The molecule has 1 saturated carbocycles. The van der Waals surface area contributed by atoms with Crippen molar-refractivity contribution in [1.82, 2.24) is 5.32 Å². The molecule has 4 heteroatoms. The lowest BCUT2D eigenvalue weighted by molar-refractivity contribution is 0.121. The quantitative estimate of drug-likeness (QED) is 0.616. The maximum atomic E-state index is 11.9. The van der Waals surface area contributed by atoms with E-state index < -0.39 is 12.8 Å². The second-order valence-electron chi connectivity index (χ2n) is 3.76. The summed E-state index contributed by atoms with van der Waals surface area (Å²) in [5.41, 5.74) is 0.0934. The van der Waals surface area contributed by atoms with E-state index in [4.69, 9.17) is 9.84 Å². The summed E-state index contributed by atoms with van der Waals surface area (Å²) in [5, 5.41) is 12.1. The fourth-order valence-electron chi connectivity index (χ4n) is 1.80. The van der Waals surface area contributed by atoms with Gasteiger partial charge in [0.1, 0.15) is 6.67 Å². The molecule has 0 radical (unpaired) electrons. The largest absolute Gasteiger partial charge is 0.389 e. The van der Waals surface area contributed by atoms with Crippen LogP contribution in [0.1, 0.15) is 6.42 Å². The molecule has 2 rings (SSSR count). The Morgan fingerprint density at radius 1 is 1.75 bits per heavy atom. The van der Waals surface area contributed by atoms with Crippen LogP contribution < -0.4 is 5.32 Å². The van der Waals surface area contributed by atoms with Gasteiger partial charge in [0.2, 0.25) is 0 Å². The van der Waals surface area contributed by atoms with Crippen LogP contribution in [-0.2, 0) is 4.74 Å². The van der Waals surface area contributed by atoms with Gasteiger partial charge in [0.25, 0.3) is 0 Å². The molecule has 12 heavy (non-hydrogen) atoms. The van der Waals surface area contributed by atoms with Gasteiger partial charge in [-0.25, -0.2) is 4.39 Å². The highest BCUT2D eigenvalue weighted by atomic mass is 19.1. The van der Waals surface area contributed by atoms with Crippen molar-refractivity contribution in [3.8, 4) is 0 Å². The average Bonchev–Trinajstić information content (AvgIpc) is 2.65. The molecule has 1 saturated heterocycles. The average molecular weight is 175 g/mol. The zero-order valence-electron chi connectivity index (χ0n) is 6.92. The molecule has 2 aliphatic rings. The Morgan fingerprint density at radius 3 is 3.08 bits per heavy atom. The smallest absolute Gasteiger partial charge is 0.117 e. The molecular formula is C8H14FNO2. The summed E-state index contributed by atoms with van der Waals surface area (Å²) >= 11 is 0. The molecule has 0 spiro atoms. The van der Waals surface area contributed by atoms with Crippen LogP contribution in [0.2, 0.25) is 0 Å². The Labute approximate surface area is 70.9 Å². The summed E-state index contributed by atoms with van der Waals surface area (Å²) in [7, 11) is 0. The molecule has 1 aliphatic carbocycles. The van der Waals surface area contributed by atoms with Gasteiger partial charge in [0, 0.05) is 18.0 Å². The molecule has 3 unspecified atom stereocenters. The van der Waals surface area contributed by atoms with E-state index in [2.05, 4.69) is 5.32 Å². The van der Waals surface area contributed by atoms with Crippen molar-refractivity contribution in [1.29, 1.82) is 0 Å². The second-order valence-corrected chi connectivity index (χ2v) is 3.76. The minimum absolute atomic E-state index is 0.0934. The lowest BCUT2D eigenvalue weighted by atomic mass is 10.2. The standard InChI is InChI=1S/C8H14FNO2/c9-2-7(11)3-10-8-1-6(8)4-12-5-8/h6-7,10-11H,1-5H2. The number of ether oxygens (including phenoxy) is 1. The summed E-state index contributed by atoms with van der Waals surface area (Å²) < 4.78 is 17.1. The number of hydrogen-bond acceptors (Lipinski definition) is 3. The van der Waals surface area contributed by atoms with Gasteiger partial charge in [0.15, 0.2) is 0 Å². The minimum Gasteiger partial charge on any atom is -0.389 e. The van der Waals surface area contributed by atoms with E-state index in [0.717, 1.165) is 19.6 Å². The van der Waals surface area contributed by atoms with Crippen molar-refractivity contribution in [3.63, 3.8) is 0 Å². The second kappa shape index (κ2) is 2.94. The Morgan fingerprint density at radius 2 is 2.58 bits per heavy atom. The van der Waals surface area contributed by atoms with E-state index in [0.29, 0.717) is 12.5 Å².